The number of amides is 1. The topological polar surface area (TPSA) is 45.7 Å². The molecule has 0 aliphatic carbocycles. The Morgan fingerprint density at radius 2 is 2.00 bits per heavy atom. The van der Waals surface area contributed by atoms with Crippen LogP contribution in [0.1, 0.15) is 22.3 Å². The standard InChI is InChI=1S/C20H19ClF3N3O2/c21-15-4-5-18(25-11-15)29-17-6-7-26-8-9-27(12-16(17)26)19(28)13-2-1-3-14(10-13)20(22,23)24/h1-5,10-11,16-17H,6-9,12H2/t16-,17+/m0/s1. The molecule has 29 heavy (non-hydrogen) atoms. The van der Waals surface area contributed by atoms with E-state index in [9.17, 15) is 18.0 Å². The van der Waals surface area contributed by atoms with Gasteiger partial charge in [-0.25, -0.2) is 4.98 Å². The molecule has 4 rings (SSSR count). The van der Waals surface area contributed by atoms with Crippen LogP contribution < -0.4 is 4.74 Å². The molecule has 0 spiro atoms. The minimum atomic E-state index is -4.48. The molecular weight excluding hydrogens is 407 g/mol. The number of alkyl halides is 3. The molecule has 9 heteroatoms. The summed E-state index contributed by atoms with van der Waals surface area (Å²) < 4.78 is 44.9. The number of hydrogen-bond acceptors (Lipinski definition) is 4. The highest BCUT2D eigenvalue weighted by Crippen LogP contribution is 2.31. The normalized spacial score (nSPS) is 22.4. The first-order chi connectivity index (χ1) is 13.8. The van der Waals surface area contributed by atoms with Gasteiger partial charge in [-0.05, 0) is 30.7 Å². The lowest BCUT2D eigenvalue weighted by Crippen LogP contribution is -2.55. The minimum absolute atomic E-state index is 0.0315. The van der Waals surface area contributed by atoms with Gasteiger partial charge < -0.3 is 9.64 Å². The zero-order chi connectivity index (χ0) is 20.6. The first-order valence-electron chi connectivity index (χ1n) is 9.30. The first-order valence-corrected chi connectivity index (χ1v) is 9.68. The van der Waals surface area contributed by atoms with Gasteiger partial charge >= 0.3 is 6.18 Å². The fourth-order valence-corrected chi connectivity index (χ4v) is 4.00. The van der Waals surface area contributed by atoms with Gasteiger partial charge in [0.05, 0.1) is 16.6 Å². The molecule has 1 amide bonds. The monoisotopic (exact) mass is 425 g/mol. The summed E-state index contributed by atoms with van der Waals surface area (Å²) in [4.78, 5) is 20.8. The first kappa shape index (κ1) is 20.0. The van der Waals surface area contributed by atoms with Crippen molar-refractivity contribution in [2.24, 2.45) is 0 Å². The van der Waals surface area contributed by atoms with E-state index in [4.69, 9.17) is 16.3 Å². The van der Waals surface area contributed by atoms with Crippen LogP contribution in [0.2, 0.25) is 5.02 Å². The number of halogens is 4. The second kappa shape index (κ2) is 7.84. The van der Waals surface area contributed by atoms with Crippen molar-refractivity contribution < 1.29 is 22.7 Å². The molecule has 5 nitrogen and oxygen atoms in total. The van der Waals surface area contributed by atoms with Crippen molar-refractivity contribution in [1.29, 1.82) is 0 Å². The maximum atomic E-state index is 13.0. The van der Waals surface area contributed by atoms with Crippen molar-refractivity contribution in [1.82, 2.24) is 14.8 Å². The van der Waals surface area contributed by atoms with Gasteiger partial charge in [-0.3, -0.25) is 9.69 Å². The molecule has 2 aliphatic rings. The maximum absolute atomic E-state index is 13.0. The number of hydrogen-bond donors (Lipinski definition) is 0. The number of fused-ring (bicyclic) bond motifs is 1. The molecule has 2 atom stereocenters. The fourth-order valence-electron chi connectivity index (χ4n) is 3.88. The highest BCUT2D eigenvalue weighted by Gasteiger charge is 2.41. The van der Waals surface area contributed by atoms with E-state index in [1.807, 2.05) is 0 Å². The Balaban J connectivity index is 1.47. The van der Waals surface area contributed by atoms with E-state index < -0.39 is 17.6 Å². The lowest BCUT2D eigenvalue weighted by Gasteiger charge is -2.39. The fraction of sp³-hybridized carbons (Fsp3) is 0.400. The smallest absolute Gasteiger partial charge is 0.416 e. The number of pyridine rings is 1. The Kier molecular flexibility index (Phi) is 5.40. The lowest BCUT2D eigenvalue weighted by atomic mass is 10.1. The van der Waals surface area contributed by atoms with E-state index in [0.717, 1.165) is 25.1 Å². The third-order valence-corrected chi connectivity index (χ3v) is 5.58. The van der Waals surface area contributed by atoms with Crippen LogP contribution >= 0.6 is 11.6 Å². The number of carbonyl (C=O) groups excluding carboxylic acids is 1. The Hall–Kier alpha value is -2.32. The SMILES string of the molecule is O=C(c1cccc(C(F)(F)F)c1)N1CCN2CC[C@@H](Oc3ccc(Cl)cn3)[C@@H]2C1. The van der Waals surface area contributed by atoms with Crippen molar-refractivity contribution in [3.05, 3.63) is 58.7 Å². The molecule has 3 heterocycles. The molecule has 0 saturated carbocycles. The summed E-state index contributed by atoms with van der Waals surface area (Å²) in [6, 6.07) is 7.92. The minimum Gasteiger partial charge on any atom is -0.473 e. The third-order valence-electron chi connectivity index (χ3n) is 5.36. The van der Waals surface area contributed by atoms with Crippen molar-refractivity contribution in [3.8, 4) is 5.88 Å². The van der Waals surface area contributed by atoms with E-state index >= 15 is 0 Å². The molecule has 2 aromatic rings. The molecule has 1 aromatic carbocycles. The molecule has 2 fully saturated rings. The number of carbonyl (C=O) groups is 1. The van der Waals surface area contributed by atoms with Gasteiger partial charge in [0, 0.05) is 44.0 Å². The molecule has 154 valence electrons. The van der Waals surface area contributed by atoms with Crippen molar-refractivity contribution >= 4 is 17.5 Å². The quantitative estimate of drug-likeness (QED) is 0.751. The number of aromatic nitrogens is 1. The third kappa shape index (κ3) is 4.33. The van der Waals surface area contributed by atoms with Crippen molar-refractivity contribution in [2.75, 3.05) is 26.2 Å². The molecule has 0 N–H and O–H groups in total. The number of rotatable bonds is 3. The molecule has 2 saturated heterocycles. The number of benzene rings is 1. The Morgan fingerprint density at radius 1 is 1.17 bits per heavy atom. The predicted octanol–water partition coefficient (Wildman–Crippen LogP) is 3.73. The van der Waals surface area contributed by atoms with Gasteiger partial charge in [-0.1, -0.05) is 17.7 Å². The zero-order valence-electron chi connectivity index (χ0n) is 15.4. The molecule has 1 aromatic heterocycles. The summed E-state index contributed by atoms with van der Waals surface area (Å²) in [5.41, 5.74) is -0.777. The average Bonchev–Trinajstić information content (AvgIpc) is 3.10. The lowest BCUT2D eigenvalue weighted by molar-refractivity contribution is -0.137. The molecule has 0 bridgehead atoms. The van der Waals surface area contributed by atoms with Gasteiger partial charge in [-0.2, -0.15) is 13.2 Å². The number of piperazine rings is 1. The van der Waals surface area contributed by atoms with E-state index in [1.54, 1.807) is 17.0 Å². The second-order valence-corrected chi connectivity index (χ2v) is 7.63. The summed E-state index contributed by atoms with van der Waals surface area (Å²) in [5, 5.41) is 0.515. The maximum Gasteiger partial charge on any atom is 0.416 e. The van der Waals surface area contributed by atoms with Crippen LogP contribution in [0.4, 0.5) is 13.2 Å². The zero-order valence-corrected chi connectivity index (χ0v) is 16.2. The summed E-state index contributed by atoms with van der Waals surface area (Å²) in [6.45, 7) is 2.36. The Labute approximate surface area is 171 Å². The largest absolute Gasteiger partial charge is 0.473 e. The van der Waals surface area contributed by atoms with Gasteiger partial charge in [0.25, 0.3) is 5.91 Å². The molecule has 2 aliphatic heterocycles. The summed E-state index contributed by atoms with van der Waals surface area (Å²) in [7, 11) is 0. The van der Waals surface area contributed by atoms with Crippen LogP contribution in [0, 0.1) is 0 Å². The molecular formula is C20H19ClF3N3O2. The van der Waals surface area contributed by atoms with Gasteiger partial charge in [0.15, 0.2) is 0 Å². The van der Waals surface area contributed by atoms with Crippen molar-refractivity contribution in [3.63, 3.8) is 0 Å². The van der Waals surface area contributed by atoms with Crippen LogP contribution in [-0.4, -0.2) is 59.0 Å². The van der Waals surface area contributed by atoms with Crippen LogP contribution in [0.25, 0.3) is 0 Å². The van der Waals surface area contributed by atoms with E-state index in [1.165, 1.54) is 18.3 Å². The number of ether oxygens (including phenoxy) is 1. The predicted molar refractivity (Wildman–Crippen MR) is 101 cm³/mol. The van der Waals surface area contributed by atoms with Gasteiger partial charge in [-0.15, -0.1) is 0 Å². The summed E-state index contributed by atoms with van der Waals surface area (Å²) in [5.74, 6) is 0.0635. The highest BCUT2D eigenvalue weighted by atomic mass is 35.5. The van der Waals surface area contributed by atoms with Crippen molar-refractivity contribution in [2.45, 2.75) is 24.7 Å². The highest BCUT2D eigenvalue weighted by molar-refractivity contribution is 6.30. The van der Waals surface area contributed by atoms with E-state index in [0.29, 0.717) is 30.5 Å². The van der Waals surface area contributed by atoms with Crippen LogP contribution in [-0.2, 0) is 6.18 Å². The molecule has 0 unspecified atom stereocenters. The van der Waals surface area contributed by atoms with Gasteiger partial charge in [0.2, 0.25) is 5.88 Å². The molecule has 0 radical (unpaired) electrons. The summed E-state index contributed by atoms with van der Waals surface area (Å²) in [6.07, 6.45) is -2.33. The van der Waals surface area contributed by atoms with Crippen LogP contribution in [0.3, 0.4) is 0 Å². The van der Waals surface area contributed by atoms with E-state index in [-0.39, 0.29) is 17.7 Å². The second-order valence-electron chi connectivity index (χ2n) is 7.19. The Morgan fingerprint density at radius 3 is 2.72 bits per heavy atom. The number of nitrogens with zero attached hydrogens (tertiary/aromatic N) is 3. The van der Waals surface area contributed by atoms with Crippen LogP contribution in [0.5, 0.6) is 5.88 Å². The summed E-state index contributed by atoms with van der Waals surface area (Å²) >= 11 is 5.85. The van der Waals surface area contributed by atoms with E-state index in [2.05, 4.69) is 9.88 Å². The average molecular weight is 426 g/mol. The van der Waals surface area contributed by atoms with Crippen LogP contribution in [0.15, 0.2) is 42.6 Å². The Bertz CT molecular complexity index is 891. The van der Waals surface area contributed by atoms with Gasteiger partial charge in [0.1, 0.15) is 6.10 Å².